The van der Waals surface area contributed by atoms with Gasteiger partial charge in [-0.3, -0.25) is 0 Å². The molecule has 0 radical (unpaired) electrons. The molecule has 0 aliphatic rings. The minimum Gasteiger partial charge on any atom is -0.419 e. The van der Waals surface area contributed by atoms with Crippen molar-refractivity contribution in [1.82, 2.24) is 4.98 Å². The summed E-state index contributed by atoms with van der Waals surface area (Å²) in [5.41, 5.74) is 1.27. The maximum Gasteiger partial charge on any atom is 0.234 e. The van der Waals surface area contributed by atoms with Crippen LogP contribution < -0.4 is 5.32 Å². The van der Waals surface area contributed by atoms with E-state index < -0.39 is 9.84 Å². The van der Waals surface area contributed by atoms with Crippen molar-refractivity contribution in [2.75, 3.05) is 5.32 Å². The number of hydrogen-bond donors (Lipinski definition) is 1. The summed E-state index contributed by atoms with van der Waals surface area (Å²) >= 11 is 15.8. The highest BCUT2D eigenvalue weighted by molar-refractivity contribution is 9.10. The van der Waals surface area contributed by atoms with Gasteiger partial charge in [0.25, 0.3) is 0 Å². The fourth-order valence-electron chi connectivity index (χ4n) is 2.89. The van der Waals surface area contributed by atoms with E-state index in [1.807, 2.05) is 18.2 Å². The number of rotatable bonds is 6. The van der Waals surface area contributed by atoms with Crippen LogP contribution in [-0.2, 0) is 16.4 Å². The molecule has 0 amide bonds. The minimum atomic E-state index is -3.97. The Kier molecular flexibility index (Phi) is 6.39. The van der Waals surface area contributed by atoms with Crippen LogP contribution in [0.4, 0.5) is 5.88 Å². The molecule has 9 heteroatoms. The van der Waals surface area contributed by atoms with E-state index >= 15 is 0 Å². The van der Waals surface area contributed by atoms with E-state index in [2.05, 4.69) is 26.2 Å². The molecule has 4 aromatic rings. The molecule has 1 N–H and O–H groups in total. The molecule has 31 heavy (non-hydrogen) atoms. The number of oxazole rings is 1. The quantitative estimate of drug-likeness (QED) is 0.291. The van der Waals surface area contributed by atoms with Crippen molar-refractivity contribution < 1.29 is 12.8 Å². The van der Waals surface area contributed by atoms with E-state index in [0.717, 1.165) is 10.0 Å². The molecule has 0 spiro atoms. The summed E-state index contributed by atoms with van der Waals surface area (Å²) in [4.78, 5) is 4.39. The number of sulfone groups is 1. The third kappa shape index (κ3) is 4.65. The van der Waals surface area contributed by atoms with E-state index in [1.54, 1.807) is 42.5 Å². The van der Waals surface area contributed by atoms with Crippen molar-refractivity contribution in [2.24, 2.45) is 0 Å². The molecule has 0 bridgehead atoms. The summed E-state index contributed by atoms with van der Waals surface area (Å²) in [7, 11) is -3.97. The smallest absolute Gasteiger partial charge is 0.234 e. The second-order valence-electron chi connectivity index (χ2n) is 6.54. The summed E-state index contributed by atoms with van der Waals surface area (Å²) in [5.74, 6) is 0.112. The van der Waals surface area contributed by atoms with Crippen LogP contribution in [0.1, 0.15) is 5.56 Å². The van der Waals surface area contributed by atoms with Gasteiger partial charge in [-0.15, -0.1) is 0 Å². The first-order chi connectivity index (χ1) is 14.9. The Balaban J connectivity index is 1.79. The minimum absolute atomic E-state index is 0.0118. The van der Waals surface area contributed by atoms with Gasteiger partial charge in [0.1, 0.15) is 0 Å². The van der Waals surface area contributed by atoms with Gasteiger partial charge in [-0.2, -0.15) is 4.98 Å². The molecule has 0 aliphatic heterocycles. The van der Waals surface area contributed by atoms with Crippen LogP contribution in [0, 0.1) is 0 Å². The van der Waals surface area contributed by atoms with Gasteiger partial charge in [0.15, 0.2) is 0 Å². The van der Waals surface area contributed by atoms with Gasteiger partial charge in [0.2, 0.25) is 26.6 Å². The highest BCUT2D eigenvalue weighted by atomic mass is 79.9. The van der Waals surface area contributed by atoms with Crippen molar-refractivity contribution in [1.29, 1.82) is 0 Å². The third-order valence-corrected chi connectivity index (χ3v) is 7.38. The lowest BCUT2D eigenvalue weighted by Crippen LogP contribution is -2.07. The van der Waals surface area contributed by atoms with Crippen molar-refractivity contribution in [3.05, 3.63) is 92.9 Å². The Labute approximate surface area is 198 Å². The maximum absolute atomic E-state index is 13.3. The molecule has 0 saturated carbocycles. The Morgan fingerprint density at radius 2 is 1.55 bits per heavy atom. The molecule has 3 aromatic carbocycles. The highest BCUT2D eigenvalue weighted by Gasteiger charge is 2.29. The van der Waals surface area contributed by atoms with Gasteiger partial charge in [-0.05, 0) is 48.0 Å². The zero-order valence-electron chi connectivity index (χ0n) is 15.8. The average molecular weight is 538 g/mol. The first kappa shape index (κ1) is 21.9. The molecule has 0 unspecified atom stereocenters. The molecule has 0 atom stereocenters. The molecular formula is C22H15BrCl2N2O3S. The number of aromatic nitrogens is 1. The molecule has 0 aliphatic carbocycles. The van der Waals surface area contributed by atoms with Crippen LogP contribution in [-0.4, -0.2) is 13.4 Å². The summed E-state index contributed by atoms with van der Waals surface area (Å²) in [6.45, 7) is 0.250. The molecular weight excluding hydrogens is 523 g/mol. The lowest BCUT2D eigenvalue weighted by molar-refractivity contribution is 0.577. The molecule has 0 saturated heterocycles. The Bertz CT molecular complexity index is 1340. The third-order valence-electron chi connectivity index (χ3n) is 4.48. The van der Waals surface area contributed by atoms with E-state index in [4.69, 9.17) is 27.6 Å². The molecule has 0 fully saturated rings. The van der Waals surface area contributed by atoms with Gasteiger partial charge in [-0.25, -0.2) is 8.42 Å². The number of halogens is 3. The van der Waals surface area contributed by atoms with Gasteiger partial charge in [0.05, 0.1) is 15.5 Å². The zero-order chi connectivity index (χ0) is 22.0. The number of nitrogens with one attached hydrogen (secondary N) is 1. The van der Waals surface area contributed by atoms with Crippen LogP contribution in [0.3, 0.4) is 0 Å². The Hall–Kier alpha value is -2.32. The lowest BCUT2D eigenvalue weighted by Gasteiger charge is -2.07. The van der Waals surface area contributed by atoms with Crippen LogP contribution in [0.15, 0.2) is 91.6 Å². The topological polar surface area (TPSA) is 72.2 Å². The zero-order valence-corrected chi connectivity index (χ0v) is 19.8. The first-order valence-corrected chi connectivity index (χ1v) is 12.1. The molecule has 1 aromatic heterocycles. The fraction of sp³-hybridized carbons (Fsp3) is 0.0455. The second-order valence-corrected chi connectivity index (χ2v) is 10.1. The normalized spacial score (nSPS) is 11.5. The van der Waals surface area contributed by atoms with E-state index in [1.165, 1.54) is 12.1 Å². The van der Waals surface area contributed by atoms with E-state index in [0.29, 0.717) is 15.6 Å². The maximum atomic E-state index is 13.3. The molecule has 1 heterocycles. The van der Waals surface area contributed by atoms with Crippen molar-refractivity contribution in [3.8, 4) is 11.5 Å². The average Bonchev–Trinajstić information content (AvgIpc) is 3.19. The summed E-state index contributed by atoms with van der Waals surface area (Å²) in [6, 6.07) is 20.5. The first-order valence-electron chi connectivity index (χ1n) is 9.10. The second kappa shape index (κ2) is 9.04. The van der Waals surface area contributed by atoms with Crippen LogP contribution >= 0.6 is 39.1 Å². The van der Waals surface area contributed by atoms with Gasteiger partial charge in [-0.1, -0.05) is 69.5 Å². The number of benzene rings is 3. The number of anilines is 1. The predicted octanol–water partition coefficient (Wildman–Crippen LogP) is 6.86. The molecule has 158 valence electrons. The van der Waals surface area contributed by atoms with E-state index in [9.17, 15) is 8.42 Å². The van der Waals surface area contributed by atoms with Gasteiger partial charge < -0.3 is 9.73 Å². The van der Waals surface area contributed by atoms with E-state index in [-0.39, 0.29) is 28.2 Å². The van der Waals surface area contributed by atoms with Gasteiger partial charge >= 0.3 is 0 Å². The van der Waals surface area contributed by atoms with Gasteiger partial charge in [0, 0.05) is 16.0 Å². The van der Waals surface area contributed by atoms with Crippen LogP contribution in [0.25, 0.3) is 11.5 Å². The summed E-state index contributed by atoms with van der Waals surface area (Å²) < 4.78 is 33.3. The van der Waals surface area contributed by atoms with Crippen molar-refractivity contribution in [3.63, 3.8) is 0 Å². The number of hydrogen-bond acceptors (Lipinski definition) is 5. The van der Waals surface area contributed by atoms with Crippen molar-refractivity contribution >= 4 is 54.9 Å². The molecule has 5 nitrogen and oxygen atoms in total. The highest BCUT2D eigenvalue weighted by Crippen LogP contribution is 2.35. The predicted molar refractivity (Wildman–Crippen MR) is 125 cm³/mol. The van der Waals surface area contributed by atoms with Crippen molar-refractivity contribution in [2.45, 2.75) is 16.5 Å². The lowest BCUT2D eigenvalue weighted by atomic mass is 10.2. The Morgan fingerprint density at radius 3 is 2.23 bits per heavy atom. The summed E-state index contributed by atoms with van der Waals surface area (Å²) in [6.07, 6.45) is 0. The number of nitrogens with zero attached hydrogens (tertiary/aromatic N) is 1. The monoisotopic (exact) mass is 536 g/mol. The molecule has 4 rings (SSSR count). The standard InChI is InChI=1S/C22H15BrCl2N2O3S/c23-15-9-11-16(12-10-15)31(28,29)22-21(26-13-14-5-1-3-7-18(14)24)30-20(27-22)17-6-2-4-8-19(17)25/h1-12,26H,13H2. The van der Waals surface area contributed by atoms with Crippen LogP contribution in [0.5, 0.6) is 0 Å². The fourth-order valence-corrected chi connectivity index (χ4v) is 4.85. The Morgan fingerprint density at radius 1 is 0.903 bits per heavy atom. The summed E-state index contributed by atoms with van der Waals surface area (Å²) in [5, 5.41) is 3.75. The SMILES string of the molecule is O=S(=O)(c1ccc(Br)cc1)c1nc(-c2ccccc2Cl)oc1NCc1ccccc1Cl. The van der Waals surface area contributed by atoms with Crippen LogP contribution in [0.2, 0.25) is 10.0 Å². The largest absolute Gasteiger partial charge is 0.419 e.